The molecule has 0 aliphatic carbocycles. The summed E-state index contributed by atoms with van der Waals surface area (Å²) in [6.07, 6.45) is 11.7. The normalized spacial score (nSPS) is 8.77. The molecule has 80 valence electrons. The Balaban J connectivity index is 0. The summed E-state index contributed by atoms with van der Waals surface area (Å²) < 4.78 is 0. The fraction of sp³-hybridized carbons (Fsp3) is 0.909. The number of carbonyl (C=O) groups is 1. The van der Waals surface area contributed by atoms with Crippen molar-refractivity contribution in [3.05, 3.63) is 0 Å². The molecular weight excluding hydrogens is 162 g/mol. The molecule has 0 aromatic heterocycles. The van der Waals surface area contributed by atoms with Gasteiger partial charge in [0.05, 0.1) is 0 Å². The van der Waals surface area contributed by atoms with Crippen LogP contribution in [0.1, 0.15) is 65.2 Å². The smallest absolute Gasteiger partial charge is 0.204 e. The molecule has 0 saturated carbocycles. The number of amides is 1. The Bertz CT molecular complexity index is 76.2. The predicted molar refractivity (Wildman–Crippen MR) is 58.5 cm³/mol. The Morgan fingerprint density at radius 1 is 0.846 bits per heavy atom. The predicted octanol–water partition coefficient (Wildman–Crippen LogP) is 3.25. The van der Waals surface area contributed by atoms with E-state index >= 15 is 0 Å². The van der Waals surface area contributed by atoms with Gasteiger partial charge in [0.2, 0.25) is 6.41 Å². The van der Waals surface area contributed by atoms with E-state index in [1.165, 1.54) is 51.4 Å². The van der Waals surface area contributed by atoms with Gasteiger partial charge in [-0.25, -0.2) is 0 Å². The molecule has 0 aliphatic heterocycles. The third-order valence-corrected chi connectivity index (χ3v) is 1.96. The second-order valence-corrected chi connectivity index (χ2v) is 3.26. The molecule has 0 fully saturated rings. The Hall–Kier alpha value is -0.530. The highest BCUT2D eigenvalue weighted by Gasteiger charge is 1.87. The van der Waals surface area contributed by atoms with Gasteiger partial charge in [0.1, 0.15) is 0 Å². The molecule has 0 heterocycles. The molecule has 0 unspecified atom stereocenters. The molecule has 1 amide bonds. The fourth-order valence-corrected chi connectivity index (χ4v) is 1.21. The maximum absolute atomic E-state index is 8.58. The van der Waals surface area contributed by atoms with Gasteiger partial charge in [-0.15, -0.1) is 0 Å². The van der Waals surface area contributed by atoms with Crippen molar-refractivity contribution < 1.29 is 4.79 Å². The summed E-state index contributed by atoms with van der Waals surface area (Å²) in [6.45, 7) is 4.54. The van der Waals surface area contributed by atoms with E-state index in [9.17, 15) is 0 Å². The van der Waals surface area contributed by atoms with Crippen molar-refractivity contribution in [3.63, 3.8) is 0 Å². The van der Waals surface area contributed by atoms with Gasteiger partial charge in [0.15, 0.2) is 0 Å². The van der Waals surface area contributed by atoms with Crippen LogP contribution in [0.2, 0.25) is 0 Å². The van der Waals surface area contributed by atoms with E-state index in [1.807, 2.05) is 0 Å². The molecule has 0 rings (SSSR count). The van der Waals surface area contributed by atoms with Crippen molar-refractivity contribution in [3.8, 4) is 0 Å². The quantitative estimate of drug-likeness (QED) is 0.482. The van der Waals surface area contributed by atoms with Gasteiger partial charge < -0.3 is 5.73 Å². The van der Waals surface area contributed by atoms with Gasteiger partial charge in [-0.05, 0) is 0 Å². The minimum Gasteiger partial charge on any atom is -0.372 e. The Morgan fingerprint density at radius 3 is 1.31 bits per heavy atom. The van der Waals surface area contributed by atoms with E-state index in [-0.39, 0.29) is 6.41 Å². The van der Waals surface area contributed by atoms with E-state index in [2.05, 4.69) is 19.6 Å². The summed E-state index contributed by atoms with van der Waals surface area (Å²) in [7, 11) is 0. The minimum absolute atomic E-state index is 0.250. The molecule has 13 heavy (non-hydrogen) atoms. The van der Waals surface area contributed by atoms with Gasteiger partial charge in [0.25, 0.3) is 0 Å². The summed E-state index contributed by atoms with van der Waals surface area (Å²) in [5, 5.41) is 0. The van der Waals surface area contributed by atoms with Gasteiger partial charge >= 0.3 is 0 Å². The van der Waals surface area contributed by atoms with E-state index in [0.717, 1.165) is 0 Å². The Kier molecular flexibility index (Phi) is 20.2. The average Bonchev–Trinajstić information content (AvgIpc) is 2.13. The number of primary amides is 1. The highest BCUT2D eigenvalue weighted by Crippen LogP contribution is 2.07. The third kappa shape index (κ3) is 24.6. The van der Waals surface area contributed by atoms with Crippen molar-refractivity contribution in [2.24, 2.45) is 5.73 Å². The van der Waals surface area contributed by atoms with Crippen LogP contribution in [0.15, 0.2) is 0 Å². The van der Waals surface area contributed by atoms with Crippen LogP contribution in [-0.4, -0.2) is 6.41 Å². The van der Waals surface area contributed by atoms with Gasteiger partial charge in [-0.3, -0.25) is 4.79 Å². The van der Waals surface area contributed by atoms with Crippen molar-refractivity contribution in [2.45, 2.75) is 65.2 Å². The second kappa shape index (κ2) is 17.5. The zero-order chi connectivity index (χ0) is 10.4. The van der Waals surface area contributed by atoms with Crippen LogP contribution < -0.4 is 5.73 Å². The van der Waals surface area contributed by atoms with Crippen LogP contribution >= 0.6 is 0 Å². The van der Waals surface area contributed by atoms with E-state index < -0.39 is 0 Å². The topological polar surface area (TPSA) is 43.1 Å². The summed E-state index contributed by atoms with van der Waals surface area (Å²) >= 11 is 0. The molecule has 2 heteroatoms. The van der Waals surface area contributed by atoms with Crippen LogP contribution in [0.4, 0.5) is 0 Å². The van der Waals surface area contributed by atoms with Crippen molar-refractivity contribution in [2.75, 3.05) is 0 Å². The maximum atomic E-state index is 8.58. The second-order valence-electron chi connectivity index (χ2n) is 3.26. The fourth-order valence-electron chi connectivity index (χ4n) is 1.21. The van der Waals surface area contributed by atoms with Crippen molar-refractivity contribution in [1.82, 2.24) is 0 Å². The first-order valence-electron chi connectivity index (χ1n) is 5.48. The van der Waals surface area contributed by atoms with Gasteiger partial charge in [-0.2, -0.15) is 0 Å². The first-order chi connectivity index (χ1) is 6.33. The average molecular weight is 187 g/mol. The number of hydrogen-bond donors (Lipinski definition) is 1. The monoisotopic (exact) mass is 187 g/mol. The molecule has 0 saturated heterocycles. The largest absolute Gasteiger partial charge is 0.372 e. The lowest BCUT2D eigenvalue weighted by Crippen LogP contribution is -1.82. The van der Waals surface area contributed by atoms with Crippen molar-refractivity contribution in [1.29, 1.82) is 0 Å². The third-order valence-electron chi connectivity index (χ3n) is 1.96. The molecule has 0 spiro atoms. The highest BCUT2D eigenvalue weighted by atomic mass is 16.1. The lowest BCUT2D eigenvalue weighted by atomic mass is 10.1. The molecule has 0 aliphatic rings. The lowest BCUT2D eigenvalue weighted by molar-refractivity contribution is -0.106. The number of rotatable bonds is 7. The Labute approximate surface area is 82.9 Å². The first-order valence-corrected chi connectivity index (χ1v) is 5.48. The summed E-state index contributed by atoms with van der Waals surface area (Å²) in [6, 6.07) is 0. The number of nitrogens with two attached hydrogens (primary N) is 1. The summed E-state index contributed by atoms with van der Waals surface area (Å²) in [4.78, 5) is 8.58. The van der Waals surface area contributed by atoms with Crippen LogP contribution in [0.5, 0.6) is 0 Å². The summed E-state index contributed by atoms with van der Waals surface area (Å²) in [5.74, 6) is 0. The number of unbranched alkanes of at least 4 members (excludes halogenated alkanes) is 7. The minimum atomic E-state index is 0.250. The summed E-state index contributed by atoms with van der Waals surface area (Å²) in [5.41, 5.74) is 4.17. The Morgan fingerprint density at radius 2 is 1.08 bits per heavy atom. The number of hydrogen-bond acceptors (Lipinski definition) is 1. The van der Waals surface area contributed by atoms with Crippen LogP contribution in [0.3, 0.4) is 0 Å². The molecule has 2 N–H and O–H groups in total. The van der Waals surface area contributed by atoms with Crippen LogP contribution in [0.25, 0.3) is 0 Å². The maximum Gasteiger partial charge on any atom is 0.204 e. The molecular formula is C11H25NO. The zero-order valence-electron chi connectivity index (χ0n) is 9.22. The van der Waals surface area contributed by atoms with Crippen LogP contribution in [-0.2, 0) is 4.79 Å². The van der Waals surface area contributed by atoms with E-state index in [0.29, 0.717) is 0 Å². The lowest BCUT2D eigenvalue weighted by Gasteiger charge is -1.97. The van der Waals surface area contributed by atoms with E-state index in [4.69, 9.17) is 4.79 Å². The van der Waals surface area contributed by atoms with Gasteiger partial charge in [-0.1, -0.05) is 65.2 Å². The molecule has 2 nitrogen and oxygen atoms in total. The SMILES string of the molecule is CCCCCCCCCC.NC=O. The standard InChI is InChI=1S/C10H22.CH3NO/c1-3-5-7-9-10-8-6-4-2;2-1-3/h3-10H2,1-2H3;1H,(H2,2,3). The zero-order valence-corrected chi connectivity index (χ0v) is 9.22. The number of carbonyl (C=O) groups excluding carboxylic acids is 1. The van der Waals surface area contributed by atoms with Gasteiger partial charge in [0, 0.05) is 0 Å². The molecule has 0 bridgehead atoms. The molecule has 0 atom stereocenters. The molecule has 0 radical (unpaired) electrons. The van der Waals surface area contributed by atoms with Crippen molar-refractivity contribution >= 4 is 6.41 Å². The van der Waals surface area contributed by atoms with Crippen LogP contribution in [0, 0.1) is 0 Å². The highest BCUT2D eigenvalue weighted by molar-refractivity contribution is 5.42. The van der Waals surface area contributed by atoms with E-state index in [1.54, 1.807) is 0 Å². The first kappa shape index (κ1) is 15.0. The molecule has 0 aromatic rings. The molecule has 0 aromatic carbocycles.